The van der Waals surface area contributed by atoms with Crippen LogP contribution in [-0.2, 0) is 0 Å². The average Bonchev–Trinajstić information content (AvgIpc) is 2.32. The maximum atomic E-state index is 11.3. The van der Waals surface area contributed by atoms with Crippen molar-refractivity contribution in [3.05, 3.63) is 40.0 Å². The van der Waals surface area contributed by atoms with Gasteiger partial charge in [0.15, 0.2) is 0 Å². The third-order valence-electron chi connectivity index (χ3n) is 3.01. The highest BCUT2D eigenvalue weighted by atomic mass is 35.5. The van der Waals surface area contributed by atoms with Crippen LogP contribution in [0.5, 0.6) is 0 Å². The van der Waals surface area contributed by atoms with Crippen LogP contribution >= 0.6 is 11.6 Å². The Labute approximate surface area is 110 Å². The van der Waals surface area contributed by atoms with Crippen molar-refractivity contribution in [1.82, 2.24) is 4.98 Å². The van der Waals surface area contributed by atoms with E-state index < -0.39 is 5.97 Å². The lowest BCUT2D eigenvalue weighted by molar-refractivity contribution is 0.0699. The first-order chi connectivity index (χ1) is 8.41. The first-order valence-corrected chi connectivity index (χ1v) is 6.12. The van der Waals surface area contributed by atoms with E-state index in [-0.39, 0.29) is 11.5 Å². The standard InChI is InChI=1S/C14H14ClNO2/c1-7(2)12-6-10(14(17)18)9-4-5-11(15)8(3)13(9)16-12/h4-7H,1-3H3,(H,17,18). The van der Waals surface area contributed by atoms with Gasteiger partial charge in [-0.2, -0.15) is 0 Å². The number of hydrogen-bond acceptors (Lipinski definition) is 2. The Kier molecular flexibility index (Phi) is 3.26. The predicted molar refractivity (Wildman–Crippen MR) is 72.5 cm³/mol. The van der Waals surface area contributed by atoms with Crippen molar-refractivity contribution in [3.63, 3.8) is 0 Å². The molecule has 0 saturated carbocycles. The summed E-state index contributed by atoms with van der Waals surface area (Å²) in [6.07, 6.45) is 0. The minimum absolute atomic E-state index is 0.172. The number of nitrogens with zero attached hydrogens (tertiary/aromatic N) is 1. The van der Waals surface area contributed by atoms with Gasteiger partial charge >= 0.3 is 5.97 Å². The van der Waals surface area contributed by atoms with Gasteiger partial charge in [-0.05, 0) is 30.5 Å². The van der Waals surface area contributed by atoms with Crippen molar-refractivity contribution < 1.29 is 9.90 Å². The van der Waals surface area contributed by atoms with Crippen LogP contribution in [0.4, 0.5) is 0 Å². The van der Waals surface area contributed by atoms with E-state index in [2.05, 4.69) is 4.98 Å². The molecule has 0 radical (unpaired) electrons. The molecule has 2 rings (SSSR count). The minimum atomic E-state index is -0.939. The molecule has 0 aliphatic carbocycles. The van der Waals surface area contributed by atoms with Crippen LogP contribution < -0.4 is 0 Å². The fourth-order valence-corrected chi connectivity index (χ4v) is 2.05. The van der Waals surface area contributed by atoms with Crippen LogP contribution in [0.1, 0.15) is 41.4 Å². The van der Waals surface area contributed by atoms with Gasteiger partial charge in [-0.1, -0.05) is 31.5 Å². The molecule has 4 heteroatoms. The van der Waals surface area contributed by atoms with E-state index in [0.717, 1.165) is 11.3 Å². The lowest BCUT2D eigenvalue weighted by Gasteiger charge is -2.11. The second-order valence-corrected chi connectivity index (χ2v) is 5.03. The molecule has 94 valence electrons. The van der Waals surface area contributed by atoms with Gasteiger partial charge in [-0.3, -0.25) is 4.98 Å². The summed E-state index contributed by atoms with van der Waals surface area (Å²) >= 11 is 6.06. The number of benzene rings is 1. The number of aryl methyl sites for hydroxylation is 1. The van der Waals surface area contributed by atoms with Crippen LogP contribution in [-0.4, -0.2) is 16.1 Å². The summed E-state index contributed by atoms with van der Waals surface area (Å²) in [6, 6.07) is 5.07. The van der Waals surface area contributed by atoms with Gasteiger partial charge in [-0.25, -0.2) is 4.79 Å². The molecule has 0 fully saturated rings. The Morgan fingerprint density at radius 1 is 1.39 bits per heavy atom. The van der Waals surface area contributed by atoms with E-state index in [1.807, 2.05) is 20.8 Å². The second kappa shape index (κ2) is 4.58. The summed E-state index contributed by atoms with van der Waals surface area (Å²) in [5.41, 5.74) is 2.54. The molecule has 1 N–H and O–H groups in total. The number of aromatic carboxylic acids is 1. The molecular formula is C14H14ClNO2. The van der Waals surface area contributed by atoms with Crippen LogP contribution in [0.15, 0.2) is 18.2 Å². The molecule has 1 aromatic carbocycles. The number of pyridine rings is 1. The van der Waals surface area contributed by atoms with Gasteiger partial charge in [0.05, 0.1) is 11.1 Å². The van der Waals surface area contributed by atoms with Gasteiger partial charge in [0.2, 0.25) is 0 Å². The number of aromatic nitrogens is 1. The van der Waals surface area contributed by atoms with Crippen molar-refractivity contribution in [2.45, 2.75) is 26.7 Å². The normalized spacial score (nSPS) is 11.2. The predicted octanol–water partition coefficient (Wildman–Crippen LogP) is 4.02. The molecule has 18 heavy (non-hydrogen) atoms. The molecular weight excluding hydrogens is 250 g/mol. The summed E-state index contributed by atoms with van der Waals surface area (Å²) in [5, 5.41) is 10.5. The van der Waals surface area contributed by atoms with Crippen molar-refractivity contribution in [2.75, 3.05) is 0 Å². The maximum absolute atomic E-state index is 11.3. The van der Waals surface area contributed by atoms with Gasteiger partial charge in [-0.15, -0.1) is 0 Å². The monoisotopic (exact) mass is 263 g/mol. The molecule has 1 heterocycles. The van der Waals surface area contributed by atoms with E-state index >= 15 is 0 Å². The quantitative estimate of drug-likeness (QED) is 0.890. The molecule has 0 bridgehead atoms. The molecule has 0 aliphatic heterocycles. The molecule has 0 atom stereocenters. The largest absolute Gasteiger partial charge is 0.478 e. The van der Waals surface area contributed by atoms with Gasteiger partial charge < -0.3 is 5.11 Å². The smallest absolute Gasteiger partial charge is 0.336 e. The number of carboxylic acid groups (broad SMARTS) is 1. The van der Waals surface area contributed by atoms with Crippen molar-refractivity contribution >= 4 is 28.5 Å². The molecule has 0 amide bonds. The lowest BCUT2D eigenvalue weighted by atomic mass is 10.0. The molecule has 0 spiro atoms. The van der Waals surface area contributed by atoms with E-state index in [4.69, 9.17) is 11.6 Å². The second-order valence-electron chi connectivity index (χ2n) is 4.62. The molecule has 1 aromatic heterocycles. The fourth-order valence-electron chi connectivity index (χ4n) is 1.90. The zero-order valence-corrected chi connectivity index (χ0v) is 11.2. The first kappa shape index (κ1) is 12.8. The highest BCUT2D eigenvalue weighted by Gasteiger charge is 2.15. The van der Waals surface area contributed by atoms with Crippen LogP contribution in [0, 0.1) is 6.92 Å². The van der Waals surface area contributed by atoms with E-state index in [0.29, 0.717) is 15.9 Å². The van der Waals surface area contributed by atoms with Crippen LogP contribution in [0.3, 0.4) is 0 Å². The Morgan fingerprint density at radius 3 is 2.61 bits per heavy atom. The summed E-state index contributed by atoms with van der Waals surface area (Å²) < 4.78 is 0. The summed E-state index contributed by atoms with van der Waals surface area (Å²) in [7, 11) is 0. The number of halogens is 1. The molecule has 2 aromatic rings. The third-order valence-corrected chi connectivity index (χ3v) is 3.42. The minimum Gasteiger partial charge on any atom is -0.478 e. The van der Waals surface area contributed by atoms with Gasteiger partial charge in [0.25, 0.3) is 0 Å². The Morgan fingerprint density at radius 2 is 2.06 bits per heavy atom. The number of hydrogen-bond donors (Lipinski definition) is 1. The Hall–Kier alpha value is -1.61. The number of carbonyl (C=O) groups is 1. The first-order valence-electron chi connectivity index (χ1n) is 5.75. The van der Waals surface area contributed by atoms with Crippen molar-refractivity contribution in [2.24, 2.45) is 0 Å². The van der Waals surface area contributed by atoms with Crippen molar-refractivity contribution in [1.29, 1.82) is 0 Å². The molecule has 3 nitrogen and oxygen atoms in total. The summed E-state index contributed by atoms with van der Waals surface area (Å²) in [5.74, 6) is -0.767. The van der Waals surface area contributed by atoms with Gasteiger partial charge in [0.1, 0.15) is 0 Å². The zero-order chi connectivity index (χ0) is 13.4. The van der Waals surface area contributed by atoms with E-state index in [1.54, 1.807) is 18.2 Å². The summed E-state index contributed by atoms with van der Waals surface area (Å²) in [6.45, 7) is 5.83. The number of fused-ring (bicyclic) bond motifs is 1. The zero-order valence-electron chi connectivity index (χ0n) is 10.5. The SMILES string of the molecule is Cc1c(Cl)ccc2c(C(=O)O)cc(C(C)C)nc12. The van der Waals surface area contributed by atoms with Crippen molar-refractivity contribution in [3.8, 4) is 0 Å². The molecule has 0 unspecified atom stereocenters. The third kappa shape index (κ3) is 2.06. The van der Waals surface area contributed by atoms with Crippen LogP contribution in [0.2, 0.25) is 5.02 Å². The lowest BCUT2D eigenvalue weighted by Crippen LogP contribution is -2.04. The van der Waals surface area contributed by atoms with E-state index in [1.165, 1.54) is 0 Å². The topological polar surface area (TPSA) is 50.2 Å². The Balaban J connectivity index is 2.90. The fraction of sp³-hybridized carbons (Fsp3) is 0.286. The summed E-state index contributed by atoms with van der Waals surface area (Å²) in [4.78, 5) is 15.9. The average molecular weight is 264 g/mol. The highest BCUT2D eigenvalue weighted by molar-refractivity contribution is 6.32. The van der Waals surface area contributed by atoms with Crippen LogP contribution in [0.25, 0.3) is 10.9 Å². The van der Waals surface area contributed by atoms with Gasteiger partial charge in [0, 0.05) is 16.1 Å². The maximum Gasteiger partial charge on any atom is 0.336 e. The molecule has 0 saturated heterocycles. The van der Waals surface area contributed by atoms with E-state index in [9.17, 15) is 9.90 Å². The molecule has 0 aliphatic rings. The number of carboxylic acids is 1. The Bertz CT molecular complexity index is 635. The highest BCUT2D eigenvalue weighted by Crippen LogP contribution is 2.28. The number of rotatable bonds is 2.